The van der Waals surface area contributed by atoms with Gasteiger partial charge in [0, 0.05) is 18.6 Å². The van der Waals surface area contributed by atoms with Crippen molar-refractivity contribution in [1.29, 1.82) is 0 Å². The molecule has 4 heteroatoms. The van der Waals surface area contributed by atoms with Crippen molar-refractivity contribution in [3.05, 3.63) is 34.1 Å². The molecule has 0 fully saturated rings. The van der Waals surface area contributed by atoms with Crippen LogP contribution < -0.4 is 4.90 Å². The van der Waals surface area contributed by atoms with Crippen LogP contribution in [-0.4, -0.2) is 13.6 Å². The number of anilines is 1. The summed E-state index contributed by atoms with van der Waals surface area (Å²) in [5, 5.41) is 1.68. The van der Waals surface area contributed by atoms with Crippen molar-refractivity contribution in [2.45, 2.75) is 6.42 Å². The van der Waals surface area contributed by atoms with Crippen LogP contribution in [0.4, 0.5) is 5.69 Å². The van der Waals surface area contributed by atoms with Gasteiger partial charge in [-0.3, -0.25) is 0 Å². The van der Waals surface area contributed by atoms with E-state index in [1.54, 1.807) is 12.1 Å². The summed E-state index contributed by atoms with van der Waals surface area (Å²) in [5.74, 6) is 0. The van der Waals surface area contributed by atoms with Crippen molar-refractivity contribution >= 4 is 40.5 Å². The SMILES string of the molecule is [CH2]CCN(C)c1c(Cl)cc(Cl)cc1Cl. The molecule has 1 nitrogen and oxygen atoms in total. The van der Waals surface area contributed by atoms with E-state index < -0.39 is 0 Å². The van der Waals surface area contributed by atoms with Gasteiger partial charge in [-0.05, 0) is 18.6 Å². The summed E-state index contributed by atoms with van der Waals surface area (Å²) in [4.78, 5) is 1.97. The van der Waals surface area contributed by atoms with E-state index in [2.05, 4.69) is 6.92 Å². The summed E-state index contributed by atoms with van der Waals surface area (Å²) in [5.41, 5.74) is 0.807. The molecule has 14 heavy (non-hydrogen) atoms. The number of hydrogen-bond donors (Lipinski definition) is 0. The molecule has 1 aromatic rings. The third-order valence-electron chi connectivity index (χ3n) is 1.86. The summed E-state index contributed by atoms with van der Waals surface area (Å²) in [6.45, 7) is 4.58. The zero-order chi connectivity index (χ0) is 10.7. The van der Waals surface area contributed by atoms with Gasteiger partial charge >= 0.3 is 0 Å². The van der Waals surface area contributed by atoms with Crippen LogP contribution in [0.3, 0.4) is 0 Å². The van der Waals surface area contributed by atoms with Gasteiger partial charge in [-0.2, -0.15) is 0 Å². The van der Waals surface area contributed by atoms with Gasteiger partial charge in [-0.1, -0.05) is 41.7 Å². The van der Waals surface area contributed by atoms with Crippen LogP contribution in [0.25, 0.3) is 0 Å². The van der Waals surface area contributed by atoms with Crippen LogP contribution in [0.2, 0.25) is 15.1 Å². The van der Waals surface area contributed by atoms with Gasteiger partial charge in [-0.25, -0.2) is 0 Å². The van der Waals surface area contributed by atoms with Crippen molar-refractivity contribution in [1.82, 2.24) is 0 Å². The van der Waals surface area contributed by atoms with Gasteiger partial charge in [-0.15, -0.1) is 0 Å². The monoisotopic (exact) mass is 250 g/mol. The number of halogens is 3. The third-order valence-corrected chi connectivity index (χ3v) is 2.65. The highest BCUT2D eigenvalue weighted by Gasteiger charge is 2.11. The Kier molecular flexibility index (Phi) is 4.36. The van der Waals surface area contributed by atoms with Crippen molar-refractivity contribution in [2.75, 3.05) is 18.5 Å². The Labute approximate surface area is 99.6 Å². The van der Waals surface area contributed by atoms with Crippen LogP contribution in [0.15, 0.2) is 12.1 Å². The maximum absolute atomic E-state index is 6.03. The molecule has 0 saturated carbocycles. The van der Waals surface area contributed by atoms with E-state index in [4.69, 9.17) is 34.8 Å². The summed E-state index contributed by atoms with van der Waals surface area (Å²) in [7, 11) is 1.92. The Morgan fingerprint density at radius 3 is 2.14 bits per heavy atom. The molecule has 0 aromatic heterocycles. The number of hydrogen-bond acceptors (Lipinski definition) is 1. The fourth-order valence-corrected chi connectivity index (χ4v) is 2.35. The molecule has 0 aliphatic rings. The minimum atomic E-state index is 0.548. The topological polar surface area (TPSA) is 3.24 Å². The normalized spacial score (nSPS) is 10.4. The van der Waals surface area contributed by atoms with Crippen molar-refractivity contribution in [3.63, 3.8) is 0 Å². The molecular formula is C10H11Cl3N. The van der Waals surface area contributed by atoms with E-state index >= 15 is 0 Å². The number of rotatable bonds is 3. The van der Waals surface area contributed by atoms with Crippen molar-refractivity contribution < 1.29 is 0 Å². The summed E-state index contributed by atoms with van der Waals surface area (Å²) >= 11 is 17.9. The predicted molar refractivity (Wildman–Crippen MR) is 64.7 cm³/mol. The van der Waals surface area contributed by atoms with E-state index in [1.807, 2.05) is 11.9 Å². The first-order chi connectivity index (χ1) is 6.56. The Balaban J connectivity index is 3.07. The Hall–Kier alpha value is -0.110. The van der Waals surface area contributed by atoms with Gasteiger partial charge in [0.25, 0.3) is 0 Å². The first-order valence-corrected chi connectivity index (χ1v) is 5.34. The van der Waals surface area contributed by atoms with Gasteiger partial charge < -0.3 is 4.90 Å². The van der Waals surface area contributed by atoms with E-state index in [0.717, 1.165) is 18.7 Å². The molecule has 0 aliphatic carbocycles. The average Bonchev–Trinajstić information content (AvgIpc) is 2.01. The van der Waals surface area contributed by atoms with Crippen LogP contribution in [-0.2, 0) is 0 Å². The van der Waals surface area contributed by atoms with Crippen LogP contribution in [0, 0.1) is 6.92 Å². The molecule has 0 N–H and O–H groups in total. The Morgan fingerprint density at radius 2 is 1.71 bits per heavy atom. The second-order valence-corrected chi connectivity index (χ2v) is 4.24. The molecule has 0 aliphatic heterocycles. The van der Waals surface area contributed by atoms with E-state index in [-0.39, 0.29) is 0 Å². The molecule has 0 amide bonds. The van der Waals surface area contributed by atoms with Gasteiger partial charge in [0.2, 0.25) is 0 Å². The van der Waals surface area contributed by atoms with E-state index in [0.29, 0.717) is 15.1 Å². The van der Waals surface area contributed by atoms with Crippen LogP contribution in [0.1, 0.15) is 6.42 Å². The molecule has 0 spiro atoms. The minimum Gasteiger partial charge on any atom is -0.372 e. The summed E-state index contributed by atoms with van der Waals surface area (Å²) < 4.78 is 0. The van der Waals surface area contributed by atoms with E-state index in [1.165, 1.54) is 0 Å². The Morgan fingerprint density at radius 1 is 1.21 bits per heavy atom. The molecule has 0 atom stereocenters. The highest BCUT2D eigenvalue weighted by molar-refractivity contribution is 6.41. The zero-order valence-electron chi connectivity index (χ0n) is 7.86. The molecule has 0 bridgehead atoms. The van der Waals surface area contributed by atoms with E-state index in [9.17, 15) is 0 Å². The molecular weight excluding hydrogens is 240 g/mol. The lowest BCUT2D eigenvalue weighted by Crippen LogP contribution is -2.18. The van der Waals surface area contributed by atoms with Crippen LogP contribution in [0.5, 0.6) is 0 Å². The zero-order valence-corrected chi connectivity index (χ0v) is 10.1. The maximum Gasteiger partial charge on any atom is 0.0743 e. The lowest BCUT2D eigenvalue weighted by atomic mass is 10.3. The molecule has 0 heterocycles. The lowest BCUT2D eigenvalue weighted by molar-refractivity contribution is 0.897. The largest absolute Gasteiger partial charge is 0.372 e. The minimum absolute atomic E-state index is 0.548. The maximum atomic E-state index is 6.03. The molecule has 1 rings (SSSR count). The fraction of sp³-hybridized carbons (Fsp3) is 0.300. The average molecular weight is 252 g/mol. The van der Waals surface area contributed by atoms with Gasteiger partial charge in [0.05, 0.1) is 15.7 Å². The molecule has 77 valence electrons. The quantitative estimate of drug-likeness (QED) is 0.774. The van der Waals surface area contributed by atoms with Crippen molar-refractivity contribution in [2.24, 2.45) is 0 Å². The molecule has 0 unspecified atom stereocenters. The summed E-state index contributed by atoms with van der Waals surface area (Å²) in [6, 6.07) is 3.37. The number of nitrogens with zero attached hydrogens (tertiary/aromatic N) is 1. The van der Waals surface area contributed by atoms with Gasteiger partial charge in [0.1, 0.15) is 0 Å². The second kappa shape index (κ2) is 5.11. The number of benzene rings is 1. The van der Waals surface area contributed by atoms with Crippen LogP contribution >= 0.6 is 34.8 Å². The highest BCUT2D eigenvalue weighted by Crippen LogP contribution is 2.35. The summed E-state index contributed by atoms with van der Waals surface area (Å²) in [6.07, 6.45) is 0.797. The second-order valence-electron chi connectivity index (χ2n) is 2.99. The first kappa shape index (κ1) is 12.0. The standard InChI is InChI=1S/C10H11Cl3N/c1-3-4-14(2)10-8(12)5-7(11)6-9(10)13/h5-6H,1,3-4H2,2H3. The third kappa shape index (κ3) is 2.69. The molecule has 1 radical (unpaired) electrons. The molecule has 1 aromatic carbocycles. The highest BCUT2D eigenvalue weighted by atomic mass is 35.5. The van der Waals surface area contributed by atoms with Crippen molar-refractivity contribution in [3.8, 4) is 0 Å². The van der Waals surface area contributed by atoms with Gasteiger partial charge in [0.15, 0.2) is 0 Å². The smallest absolute Gasteiger partial charge is 0.0743 e. The predicted octanol–water partition coefficient (Wildman–Crippen LogP) is 4.31. The first-order valence-electron chi connectivity index (χ1n) is 4.21. The fourth-order valence-electron chi connectivity index (χ4n) is 1.25. The lowest BCUT2D eigenvalue weighted by Gasteiger charge is -2.21. The molecule has 0 saturated heterocycles. The Bertz CT molecular complexity index is 302.